The van der Waals surface area contributed by atoms with Gasteiger partial charge >= 0.3 is 0 Å². The average Bonchev–Trinajstić information content (AvgIpc) is 2.39. The topological polar surface area (TPSA) is 9.72 Å². The fraction of sp³-hybridized carbons (Fsp3) is 1.00. The zero-order valence-electron chi connectivity index (χ0n) is 15.7. The van der Waals surface area contributed by atoms with Crippen molar-refractivity contribution in [1.82, 2.24) is 14.7 Å². The lowest BCUT2D eigenvalue weighted by Crippen LogP contribution is -2.52. The molecule has 0 spiro atoms. The van der Waals surface area contributed by atoms with Crippen LogP contribution in [0.3, 0.4) is 0 Å². The SMILES string of the molecule is C.C.CC(C)(C)N1CCCCC1.CN1CCN(C(C)(C)C)CC1. The molecule has 0 N–H and O–H groups in total. The van der Waals surface area contributed by atoms with Crippen LogP contribution in [0, 0.1) is 0 Å². The Hall–Kier alpha value is -0.120. The highest BCUT2D eigenvalue weighted by Gasteiger charge is 2.24. The highest BCUT2D eigenvalue weighted by molar-refractivity contribution is 4.80. The van der Waals surface area contributed by atoms with Gasteiger partial charge in [0, 0.05) is 37.3 Å². The number of rotatable bonds is 0. The minimum atomic E-state index is 0. The molecule has 2 fully saturated rings. The Bertz CT molecular complexity index is 274. The molecule has 0 saturated carbocycles. The van der Waals surface area contributed by atoms with E-state index in [2.05, 4.69) is 63.3 Å². The summed E-state index contributed by atoms with van der Waals surface area (Å²) in [5.41, 5.74) is 0.766. The summed E-state index contributed by atoms with van der Waals surface area (Å²) in [6, 6.07) is 0. The molecule has 23 heavy (non-hydrogen) atoms. The highest BCUT2D eigenvalue weighted by Crippen LogP contribution is 2.19. The van der Waals surface area contributed by atoms with E-state index in [0.717, 1.165) is 0 Å². The lowest BCUT2D eigenvalue weighted by Gasteiger charge is -2.41. The van der Waals surface area contributed by atoms with Gasteiger partial charge in [-0.15, -0.1) is 0 Å². The number of piperidine rings is 1. The van der Waals surface area contributed by atoms with Gasteiger partial charge in [0.1, 0.15) is 0 Å². The molecule has 0 bridgehead atoms. The molecule has 0 amide bonds. The van der Waals surface area contributed by atoms with Crippen molar-refractivity contribution in [3.63, 3.8) is 0 Å². The molecule has 2 aliphatic rings. The molecule has 3 heteroatoms. The zero-order valence-corrected chi connectivity index (χ0v) is 15.7. The minimum absolute atomic E-state index is 0. The van der Waals surface area contributed by atoms with E-state index in [9.17, 15) is 0 Å². The smallest absolute Gasteiger partial charge is 0.0126 e. The van der Waals surface area contributed by atoms with Crippen LogP contribution in [0.2, 0.25) is 0 Å². The Balaban J connectivity index is 0. The number of likely N-dealkylation sites (N-methyl/N-ethyl adjacent to an activating group) is 1. The number of hydrogen-bond donors (Lipinski definition) is 0. The summed E-state index contributed by atoms with van der Waals surface area (Å²) in [4.78, 5) is 7.52. The predicted molar refractivity (Wildman–Crippen MR) is 107 cm³/mol. The second-order valence-corrected chi connectivity index (χ2v) is 8.68. The van der Waals surface area contributed by atoms with Gasteiger partial charge in [-0.2, -0.15) is 0 Å². The van der Waals surface area contributed by atoms with Gasteiger partial charge in [0.15, 0.2) is 0 Å². The number of piperazine rings is 1. The largest absolute Gasteiger partial charge is 0.304 e. The summed E-state index contributed by atoms with van der Waals surface area (Å²) >= 11 is 0. The predicted octanol–water partition coefficient (Wildman–Crippen LogP) is 4.58. The van der Waals surface area contributed by atoms with Gasteiger partial charge in [-0.25, -0.2) is 0 Å². The average molecular weight is 330 g/mol. The quantitative estimate of drug-likeness (QED) is 0.644. The first-order chi connectivity index (χ1) is 9.60. The first kappa shape index (κ1) is 25.1. The third-order valence-corrected chi connectivity index (χ3v) is 4.76. The van der Waals surface area contributed by atoms with Gasteiger partial charge < -0.3 is 4.90 Å². The molecular weight excluding hydrogens is 282 g/mol. The summed E-state index contributed by atoms with van der Waals surface area (Å²) in [6.07, 6.45) is 4.24. The molecule has 3 nitrogen and oxygen atoms in total. The fourth-order valence-electron chi connectivity index (χ4n) is 3.04. The van der Waals surface area contributed by atoms with Crippen molar-refractivity contribution in [1.29, 1.82) is 0 Å². The van der Waals surface area contributed by atoms with Crippen LogP contribution < -0.4 is 0 Å². The maximum Gasteiger partial charge on any atom is 0.0126 e. The first-order valence-corrected chi connectivity index (χ1v) is 8.79. The number of likely N-dealkylation sites (tertiary alicyclic amines) is 1. The Labute approximate surface area is 148 Å². The maximum atomic E-state index is 2.58. The van der Waals surface area contributed by atoms with Crippen molar-refractivity contribution in [2.75, 3.05) is 46.3 Å². The Morgan fingerprint density at radius 2 is 0.870 bits per heavy atom. The molecular formula is C20H47N3. The van der Waals surface area contributed by atoms with Crippen LogP contribution in [-0.4, -0.2) is 72.1 Å². The van der Waals surface area contributed by atoms with Crippen LogP contribution in [0.15, 0.2) is 0 Å². The second-order valence-electron chi connectivity index (χ2n) is 8.68. The van der Waals surface area contributed by atoms with Crippen molar-refractivity contribution in [3.05, 3.63) is 0 Å². The Kier molecular flexibility index (Phi) is 11.7. The molecule has 0 aliphatic carbocycles. The normalized spacial score (nSPS) is 21.5. The molecule has 2 heterocycles. The Morgan fingerprint density at radius 1 is 0.522 bits per heavy atom. The van der Waals surface area contributed by atoms with Crippen LogP contribution in [0.1, 0.15) is 75.7 Å². The summed E-state index contributed by atoms with van der Waals surface area (Å²) in [5.74, 6) is 0. The molecule has 0 unspecified atom stereocenters. The van der Waals surface area contributed by atoms with Crippen LogP contribution in [0.5, 0.6) is 0 Å². The molecule has 142 valence electrons. The molecule has 2 saturated heterocycles. The summed E-state index contributed by atoms with van der Waals surface area (Å²) < 4.78 is 0. The monoisotopic (exact) mass is 329 g/mol. The summed E-state index contributed by atoms with van der Waals surface area (Å²) in [5, 5.41) is 0. The first-order valence-electron chi connectivity index (χ1n) is 8.79. The van der Waals surface area contributed by atoms with E-state index >= 15 is 0 Å². The van der Waals surface area contributed by atoms with E-state index in [-0.39, 0.29) is 14.9 Å². The van der Waals surface area contributed by atoms with Crippen molar-refractivity contribution in [2.24, 2.45) is 0 Å². The number of hydrogen-bond acceptors (Lipinski definition) is 3. The molecule has 0 aromatic carbocycles. The van der Waals surface area contributed by atoms with Gasteiger partial charge in [0.25, 0.3) is 0 Å². The lowest BCUT2D eigenvalue weighted by molar-refractivity contribution is 0.0735. The van der Waals surface area contributed by atoms with Crippen LogP contribution in [0.25, 0.3) is 0 Å². The fourth-order valence-corrected chi connectivity index (χ4v) is 3.04. The molecule has 0 aromatic heterocycles. The molecule has 0 atom stereocenters. The molecule has 2 aliphatic heterocycles. The van der Waals surface area contributed by atoms with Crippen LogP contribution in [0.4, 0.5) is 0 Å². The van der Waals surface area contributed by atoms with Crippen LogP contribution >= 0.6 is 0 Å². The van der Waals surface area contributed by atoms with E-state index in [4.69, 9.17) is 0 Å². The third kappa shape index (κ3) is 9.69. The highest BCUT2D eigenvalue weighted by atomic mass is 15.3. The van der Waals surface area contributed by atoms with Crippen molar-refractivity contribution in [2.45, 2.75) is 86.7 Å². The summed E-state index contributed by atoms with van der Waals surface area (Å²) in [7, 11) is 2.19. The zero-order chi connectivity index (χ0) is 16.1. The number of nitrogens with zero attached hydrogens (tertiary/aromatic N) is 3. The van der Waals surface area contributed by atoms with Gasteiger partial charge in [0.05, 0.1) is 0 Å². The van der Waals surface area contributed by atoms with Crippen molar-refractivity contribution in [3.8, 4) is 0 Å². The van der Waals surface area contributed by atoms with Crippen molar-refractivity contribution < 1.29 is 0 Å². The molecule has 0 radical (unpaired) electrons. The van der Waals surface area contributed by atoms with Gasteiger partial charge in [-0.05, 0) is 74.5 Å². The summed E-state index contributed by atoms with van der Waals surface area (Å²) in [6.45, 7) is 21.3. The van der Waals surface area contributed by atoms with Gasteiger partial charge in [-0.1, -0.05) is 21.3 Å². The minimum Gasteiger partial charge on any atom is -0.304 e. The van der Waals surface area contributed by atoms with Gasteiger partial charge in [-0.3, -0.25) is 9.80 Å². The Morgan fingerprint density at radius 3 is 1.17 bits per heavy atom. The van der Waals surface area contributed by atoms with E-state index in [1.54, 1.807) is 0 Å². The van der Waals surface area contributed by atoms with E-state index < -0.39 is 0 Å². The van der Waals surface area contributed by atoms with Crippen molar-refractivity contribution >= 4 is 0 Å². The van der Waals surface area contributed by atoms with E-state index in [0.29, 0.717) is 11.1 Å². The van der Waals surface area contributed by atoms with Crippen LogP contribution in [-0.2, 0) is 0 Å². The standard InChI is InChI=1S/C9H20N2.C9H19N.2CH4/c1-9(2,3)11-7-5-10(4)6-8-11;1-9(2,3)10-7-5-4-6-8-10;;/h5-8H2,1-4H3;4-8H2,1-3H3;2*1H4. The second kappa shape index (κ2) is 10.7. The lowest BCUT2D eigenvalue weighted by atomic mass is 10.0. The maximum absolute atomic E-state index is 2.58. The molecule has 2 rings (SSSR count). The third-order valence-electron chi connectivity index (χ3n) is 4.76. The van der Waals surface area contributed by atoms with E-state index in [1.165, 1.54) is 58.5 Å². The molecule has 0 aromatic rings. The van der Waals surface area contributed by atoms with Gasteiger partial charge in [0.2, 0.25) is 0 Å². The van der Waals surface area contributed by atoms with E-state index in [1.807, 2.05) is 0 Å².